The minimum absolute atomic E-state index is 0.0755. The molecule has 5 heteroatoms. The van der Waals surface area contributed by atoms with Crippen LogP contribution < -0.4 is 14.9 Å². The van der Waals surface area contributed by atoms with Crippen LogP contribution in [-0.2, 0) is 6.54 Å². The minimum Gasteiger partial charge on any atom is -0.361 e. The van der Waals surface area contributed by atoms with E-state index in [9.17, 15) is 4.79 Å². The molecule has 4 nitrogen and oxygen atoms in total. The largest absolute Gasteiger partial charge is 0.361 e. The van der Waals surface area contributed by atoms with Gasteiger partial charge < -0.3 is 4.98 Å². The zero-order valence-electron chi connectivity index (χ0n) is 10.1. The number of fused-ring (bicyclic) bond motifs is 2. The van der Waals surface area contributed by atoms with Crippen LogP contribution in [0.15, 0.2) is 40.2 Å². The Balaban J connectivity index is 2.00. The molecule has 1 aliphatic heterocycles. The fraction of sp³-hybridized carbons (Fsp3) is 0.143. The van der Waals surface area contributed by atoms with Crippen LogP contribution in [0.3, 0.4) is 0 Å². The van der Waals surface area contributed by atoms with E-state index >= 15 is 0 Å². The molecule has 0 spiro atoms. The summed E-state index contributed by atoms with van der Waals surface area (Å²) in [6, 6.07) is 8.09. The fourth-order valence-corrected chi connectivity index (χ4v) is 3.44. The molecular weight excluding hydrogens is 258 g/mol. The van der Waals surface area contributed by atoms with Crippen molar-refractivity contribution in [2.24, 2.45) is 4.99 Å². The molecule has 1 aromatic carbocycles. The summed E-state index contributed by atoms with van der Waals surface area (Å²) >= 11 is 1.47. The summed E-state index contributed by atoms with van der Waals surface area (Å²) in [5.41, 5.74) is 2.21. The van der Waals surface area contributed by atoms with Crippen molar-refractivity contribution < 1.29 is 0 Å². The standard InChI is InChI=1S/C14H11N3OS/c18-13-12(19-14-15-5-6-17(13)14)7-9-8-16-11-4-2-1-3-10(9)11/h1-4,7-8,16H,5-6H2/b12-7+. The van der Waals surface area contributed by atoms with Gasteiger partial charge >= 0.3 is 0 Å². The molecule has 0 fully saturated rings. The molecule has 0 unspecified atom stereocenters. The molecule has 3 heterocycles. The summed E-state index contributed by atoms with van der Waals surface area (Å²) in [6.45, 7) is 1.45. The lowest BCUT2D eigenvalue weighted by Crippen LogP contribution is -2.29. The molecule has 3 aromatic rings. The first-order chi connectivity index (χ1) is 9.33. The Morgan fingerprint density at radius 3 is 3.16 bits per heavy atom. The molecule has 4 rings (SSSR count). The maximum absolute atomic E-state index is 12.2. The Morgan fingerprint density at radius 2 is 2.26 bits per heavy atom. The van der Waals surface area contributed by atoms with Gasteiger partial charge in [0.05, 0.1) is 11.1 Å². The molecule has 0 amide bonds. The summed E-state index contributed by atoms with van der Waals surface area (Å²) in [5, 5.41) is 1.14. The van der Waals surface area contributed by atoms with Gasteiger partial charge in [-0.3, -0.25) is 14.4 Å². The molecule has 94 valence electrons. The number of aromatic nitrogens is 2. The maximum atomic E-state index is 12.2. The van der Waals surface area contributed by atoms with E-state index in [2.05, 4.69) is 16.0 Å². The van der Waals surface area contributed by atoms with Crippen molar-refractivity contribution in [2.75, 3.05) is 6.54 Å². The van der Waals surface area contributed by atoms with Crippen LogP contribution in [0.4, 0.5) is 0 Å². The number of H-pyrrole nitrogens is 1. The van der Waals surface area contributed by atoms with E-state index < -0.39 is 0 Å². The van der Waals surface area contributed by atoms with Gasteiger partial charge in [0.2, 0.25) is 0 Å². The fourth-order valence-electron chi connectivity index (χ4n) is 2.42. The van der Waals surface area contributed by atoms with Gasteiger partial charge in [0.25, 0.3) is 5.56 Å². The second-order valence-electron chi connectivity index (χ2n) is 4.52. The van der Waals surface area contributed by atoms with Crippen molar-refractivity contribution in [3.8, 4) is 0 Å². The molecule has 0 bridgehead atoms. The lowest BCUT2D eigenvalue weighted by molar-refractivity contribution is 0.740. The Morgan fingerprint density at radius 1 is 1.37 bits per heavy atom. The third-order valence-electron chi connectivity index (χ3n) is 3.37. The third-order valence-corrected chi connectivity index (χ3v) is 4.41. The van der Waals surface area contributed by atoms with Gasteiger partial charge in [-0.15, -0.1) is 0 Å². The normalized spacial score (nSPS) is 14.8. The highest BCUT2D eigenvalue weighted by Crippen LogP contribution is 2.17. The van der Waals surface area contributed by atoms with E-state index in [1.54, 1.807) is 4.57 Å². The summed E-state index contributed by atoms with van der Waals surface area (Å²) in [5.74, 6) is 0. The molecule has 2 aromatic heterocycles. The van der Waals surface area contributed by atoms with Gasteiger partial charge in [0.15, 0.2) is 4.80 Å². The van der Waals surface area contributed by atoms with E-state index in [0.717, 1.165) is 32.3 Å². The zero-order valence-corrected chi connectivity index (χ0v) is 10.9. The molecule has 1 aliphatic rings. The van der Waals surface area contributed by atoms with E-state index in [-0.39, 0.29) is 5.56 Å². The van der Waals surface area contributed by atoms with E-state index in [4.69, 9.17) is 0 Å². The van der Waals surface area contributed by atoms with Crippen molar-refractivity contribution in [2.45, 2.75) is 6.54 Å². The lowest BCUT2D eigenvalue weighted by atomic mass is 10.2. The summed E-state index contributed by atoms with van der Waals surface area (Å²) in [6.07, 6.45) is 3.89. The van der Waals surface area contributed by atoms with Crippen molar-refractivity contribution in [1.82, 2.24) is 9.55 Å². The van der Waals surface area contributed by atoms with Gasteiger partial charge in [-0.05, 0) is 12.1 Å². The average Bonchev–Trinajstić information content (AvgIpc) is 3.10. The van der Waals surface area contributed by atoms with Crippen LogP contribution in [0.5, 0.6) is 0 Å². The number of nitrogens with one attached hydrogen (secondary N) is 1. The predicted octanol–water partition coefficient (Wildman–Crippen LogP) is 0.853. The predicted molar refractivity (Wildman–Crippen MR) is 76.1 cm³/mol. The quantitative estimate of drug-likeness (QED) is 0.699. The molecule has 1 N–H and O–H groups in total. The number of rotatable bonds is 1. The highest BCUT2D eigenvalue weighted by atomic mass is 32.1. The molecule has 19 heavy (non-hydrogen) atoms. The van der Waals surface area contributed by atoms with Crippen LogP contribution in [0, 0.1) is 0 Å². The molecular formula is C14H11N3OS. The van der Waals surface area contributed by atoms with Crippen LogP contribution in [-0.4, -0.2) is 16.1 Å². The number of thiazole rings is 1. The third kappa shape index (κ3) is 1.58. The number of nitrogens with zero attached hydrogens (tertiary/aromatic N) is 2. The maximum Gasteiger partial charge on any atom is 0.270 e. The molecule has 0 atom stereocenters. The van der Waals surface area contributed by atoms with E-state index in [0.29, 0.717) is 6.54 Å². The summed E-state index contributed by atoms with van der Waals surface area (Å²) in [4.78, 5) is 20.6. The first-order valence-electron chi connectivity index (χ1n) is 6.15. The second kappa shape index (κ2) is 3.93. The number of para-hydroxylation sites is 1. The van der Waals surface area contributed by atoms with Crippen molar-refractivity contribution in [3.05, 3.63) is 55.7 Å². The number of hydrogen-bond acceptors (Lipinski definition) is 3. The Labute approximate surface area is 112 Å². The molecule has 0 aliphatic carbocycles. The van der Waals surface area contributed by atoms with E-state index in [1.165, 1.54) is 11.3 Å². The number of aromatic amines is 1. The number of hydrogen-bond donors (Lipinski definition) is 1. The zero-order chi connectivity index (χ0) is 12.8. The SMILES string of the molecule is O=c1/c(=C\c2c[nH]c3ccccc23)sc2n1CCN=2. The second-order valence-corrected chi connectivity index (χ2v) is 5.53. The van der Waals surface area contributed by atoms with Crippen LogP contribution in [0.25, 0.3) is 17.0 Å². The van der Waals surface area contributed by atoms with Gasteiger partial charge in [-0.2, -0.15) is 0 Å². The van der Waals surface area contributed by atoms with Gasteiger partial charge in [-0.25, -0.2) is 0 Å². The van der Waals surface area contributed by atoms with Gasteiger partial charge in [-0.1, -0.05) is 29.5 Å². The minimum atomic E-state index is 0.0755. The van der Waals surface area contributed by atoms with Crippen molar-refractivity contribution >= 4 is 28.3 Å². The summed E-state index contributed by atoms with van der Waals surface area (Å²) < 4.78 is 2.51. The topological polar surface area (TPSA) is 50.1 Å². The van der Waals surface area contributed by atoms with Crippen LogP contribution in [0.1, 0.15) is 5.56 Å². The monoisotopic (exact) mass is 269 g/mol. The Bertz CT molecular complexity index is 945. The number of benzene rings is 1. The van der Waals surface area contributed by atoms with E-state index in [1.807, 2.05) is 30.5 Å². The molecule has 0 radical (unpaired) electrons. The highest BCUT2D eigenvalue weighted by molar-refractivity contribution is 7.07. The van der Waals surface area contributed by atoms with Gasteiger partial charge in [0, 0.05) is 29.2 Å². The highest BCUT2D eigenvalue weighted by Gasteiger charge is 2.10. The lowest BCUT2D eigenvalue weighted by Gasteiger charge is -1.89. The van der Waals surface area contributed by atoms with Crippen LogP contribution in [0.2, 0.25) is 0 Å². The Hall–Kier alpha value is -2.14. The first-order valence-corrected chi connectivity index (χ1v) is 6.96. The van der Waals surface area contributed by atoms with Crippen molar-refractivity contribution in [3.63, 3.8) is 0 Å². The molecule has 0 saturated heterocycles. The smallest absolute Gasteiger partial charge is 0.270 e. The average molecular weight is 269 g/mol. The van der Waals surface area contributed by atoms with Crippen molar-refractivity contribution in [1.29, 1.82) is 0 Å². The van der Waals surface area contributed by atoms with Crippen LogP contribution >= 0.6 is 11.3 Å². The first kappa shape index (κ1) is 10.8. The summed E-state index contributed by atoms with van der Waals surface area (Å²) in [7, 11) is 0. The Kier molecular flexibility index (Phi) is 2.22. The van der Waals surface area contributed by atoms with Gasteiger partial charge in [0.1, 0.15) is 0 Å². The molecule has 0 saturated carbocycles.